The Morgan fingerprint density at radius 1 is 0.875 bits per heavy atom. The number of rotatable bonds is 16. The van der Waals surface area contributed by atoms with Gasteiger partial charge in [0.25, 0.3) is 0 Å². The van der Waals surface area contributed by atoms with Crippen LogP contribution in [0.4, 0.5) is 0 Å². The Hall–Kier alpha value is -0.350. The highest BCUT2D eigenvalue weighted by Gasteiger charge is 2.13. The fourth-order valence-corrected chi connectivity index (χ4v) is 2.93. The molecule has 0 aliphatic heterocycles. The number of quaternary nitrogens is 1. The van der Waals surface area contributed by atoms with Gasteiger partial charge in [0, 0.05) is 13.0 Å². The molecule has 0 saturated heterocycles. The molecule has 1 amide bonds. The molecule has 0 saturated carbocycles. The summed E-state index contributed by atoms with van der Waals surface area (Å²) in [6.45, 7) is 8.85. The first-order valence-corrected chi connectivity index (χ1v) is 9.74. The number of carbonyl (C=O) groups excluding carboxylic acids is 1. The lowest BCUT2D eigenvalue weighted by molar-refractivity contribution is -0.890. The molecule has 0 aliphatic rings. The summed E-state index contributed by atoms with van der Waals surface area (Å²) in [5.41, 5.74) is 0. The van der Waals surface area contributed by atoms with E-state index < -0.39 is 0 Å². The van der Waals surface area contributed by atoms with Gasteiger partial charge in [0.2, 0.25) is 5.91 Å². The maximum Gasteiger partial charge on any atom is 0.243 e. The molecule has 0 spiro atoms. The predicted molar refractivity (Wildman–Crippen MR) is 102 cm³/mol. The molecular weight excluding hydrogens is 364 g/mol. The van der Waals surface area contributed by atoms with Gasteiger partial charge in [-0.2, -0.15) is 0 Å². The van der Waals surface area contributed by atoms with Gasteiger partial charge in [-0.1, -0.05) is 64.9 Å². The maximum atomic E-state index is 11.1. The van der Waals surface area contributed by atoms with Gasteiger partial charge in [0.05, 0.1) is 27.2 Å². The van der Waals surface area contributed by atoms with Gasteiger partial charge >= 0.3 is 0 Å². The Morgan fingerprint density at radius 3 is 1.83 bits per heavy atom. The van der Waals surface area contributed by atoms with Crippen molar-refractivity contribution in [2.75, 3.05) is 33.7 Å². The number of hydrogen-bond donors (Lipinski definition) is 1. The van der Waals surface area contributed by atoms with Crippen LogP contribution in [0.2, 0.25) is 0 Å². The van der Waals surface area contributed by atoms with Crippen LogP contribution in [0, 0.1) is 0 Å². The second-order valence-electron chi connectivity index (χ2n) is 7.41. The van der Waals surface area contributed by atoms with Crippen LogP contribution in [-0.2, 0) is 4.79 Å². The van der Waals surface area contributed by atoms with Crippen molar-refractivity contribution in [2.45, 2.75) is 77.6 Å². The van der Waals surface area contributed by atoms with E-state index in [0.29, 0.717) is 0 Å². The van der Waals surface area contributed by atoms with Crippen LogP contribution in [0.3, 0.4) is 0 Å². The van der Waals surface area contributed by atoms with E-state index in [1.54, 1.807) is 0 Å². The van der Waals surface area contributed by atoms with Crippen LogP contribution in [0.1, 0.15) is 77.6 Å². The summed E-state index contributed by atoms with van der Waals surface area (Å²) in [6.07, 6.45) is 16.3. The van der Waals surface area contributed by atoms with E-state index in [-0.39, 0.29) is 22.9 Å². The van der Waals surface area contributed by atoms with E-state index in [1.165, 1.54) is 76.8 Å². The lowest BCUT2D eigenvalue weighted by Crippen LogP contribution is -3.00. The quantitative estimate of drug-likeness (QED) is 0.236. The summed E-state index contributed by atoms with van der Waals surface area (Å²) in [4.78, 5) is 11.1. The second kappa shape index (κ2) is 17.5. The van der Waals surface area contributed by atoms with Gasteiger partial charge in [-0.05, 0) is 18.9 Å². The van der Waals surface area contributed by atoms with E-state index in [1.807, 2.05) is 0 Å². The minimum Gasteiger partial charge on any atom is -1.00 e. The highest BCUT2D eigenvalue weighted by Crippen LogP contribution is 2.11. The third-order valence-electron chi connectivity index (χ3n) is 4.54. The minimum atomic E-state index is -0.0648. The summed E-state index contributed by atoms with van der Waals surface area (Å²) in [6, 6.07) is 0. The lowest BCUT2D eigenvalue weighted by Gasteiger charge is -2.30. The Bertz CT molecular complexity index is 306. The van der Waals surface area contributed by atoms with Crippen LogP contribution in [0.5, 0.6) is 0 Å². The summed E-state index contributed by atoms with van der Waals surface area (Å²) < 4.78 is 1.06. The standard InChI is InChI=1S/C20H40N2O.BrH/c1-5-7-8-9-10-11-12-13-14-15-18-22(3,4)19-16-17-21-20(23)6-2;/h6H,2,5,7-19H2,1,3-4H3;1H. The molecule has 0 aliphatic carbocycles. The molecule has 0 aromatic rings. The molecule has 0 fully saturated rings. The third-order valence-corrected chi connectivity index (χ3v) is 4.54. The molecule has 0 rings (SSSR count). The van der Waals surface area contributed by atoms with Crippen molar-refractivity contribution in [3.05, 3.63) is 12.7 Å². The zero-order valence-corrected chi connectivity index (χ0v) is 18.0. The Morgan fingerprint density at radius 2 is 1.33 bits per heavy atom. The number of halogens is 1. The normalized spacial score (nSPS) is 11.0. The fourth-order valence-electron chi connectivity index (χ4n) is 2.93. The van der Waals surface area contributed by atoms with E-state index >= 15 is 0 Å². The van der Waals surface area contributed by atoms with Gasteiger partial charge in [-0.25, -0.2) is 0 Å². The molecule has 144 valence electrons. The summed E-state index contributed by atoms with van der Waals surface area (Å²) >= 11 is 0. The van der Waals surface area contributed by atoms with Crippen molar-refractivity contribution in [1.29, 1.82) is 0 Å². The minimum absolute atomic E-state index is 0. The molecule has 4 heteroatoms. The van der Waals surface area contributed by atoms with Gasteiger partial charge in [-0.15, -0.1) is 0 Å². The topological polar surface area (TPSA) is 29.1 Å². The fraction of sp³-hybridized carbons (Fsp3) is 0.850. The Labute approximate surface area is 161 Å². The van der Waals surface area contributed by atoms with Crippen LogP contribution in [0.15, 0.2) is 12.7 Å². The second-order valence-corrected chi connectivity index (χ2v) is 7.41. The average molecular weight is 405 g/mol. The highest BCUT2D eigenvalue weighted by molar-refractivity contribution is 5.86. The lowest BCUT2D eigenvalue weighted by atomic mass is 10.1. The molecule has 0 heterocycles. The molecule has 3 nitrogen and oxygen atoms in total. The molecule has 0 aromatic heterocycles. The average Bonchev–Trinajstić information content (AvgIpc) is 2.53. The summed E-state index contributed by atoms with van der Waals surface area (Å²) in [5, 5.41) is 2.85. The number of nitrogens with zero attached hydrogens (tertiary/aromatic N) is 1. The van der Waals surface area contributed by atoms with Crippen LogP contribution in [-0.4, -0.2) is 44.1 Å². The zero-order valence-electron chi connectivity index (χ0n) is 16.4. The van der Waals surface area contributed by atoms with Crippen molar-refractivity contribution < 1.29 is 26.3 Å². The SMILES string of the molecule is C=CC(=O)NCCC[N+](C)(C)CCCCCCCCCCCC.[Br-]. The molecular formula is C20H41BrN2O. The van der Waals surface area contributed by atoms with Crippen molar-refractivity contribution in [3.8, 4) is 0 Å². The van der Waals surface area contributed by atoms with Gasteiger partial charge in [0.1, 0.15) is 0 Å². The molecule has 0 radical (unpaired) electrons. The third kappa shape index (κ3) is 18.0. The summed E-state index contributed by atoms with van der Waals surface area (Å²) in [7, 11) is 4.59. The van der Waals surface area contributed by atoms with Crippen molar-refractivity contribution >= 4 is 5.91 Å². The van der Waals surface area contributed by atoms with Crippen LogP contribution in [0.25, 0.3) is 0 Å². The molecule has 0 unspecified atom stereocenters. The van der Waals surface area contributed by atoms with E-state index in [4.69, 9.17) is 0 Å². The first-order chi connectivity index (χ1) is 11.0. The zero-order chi connectivity index (χ0) is 17.4. The molecule has 0 atom stereocenters. The van der Waals surface area contributed by atoms with Gasteiger partial charge in [0.15, 0.2) is 0 Å². The van der Waals surface area contributed by atoms with Crippen molar-refractivity contribution in [3.63, 3.8) is 0 Å². The molecule has 24 heavy (non-hydrogen) atoms. The number of carbonyl (C=O) groups is 1. The molecule has 0 bridgehead atoms. The van der Waals surface area contributed by atoms with E-state index in [9.17, 15) is 4.79 Å². The smallest absolute Gasteiger partial charge is 0.243 e. The number of hydrogen-bond acceptors (Lipinski definition) is 1. The first-order valence-electron chi connectivity index (χ1n) is 9.74. The maximum absolute atomic E-state index is 11.1. The molecule has 1 N–H and O–H groups in total. The number of nitrogens with one attached hydrogen (secondary N) is 1. The summed E-state index contributed by atoms with van der Waals surface area (Å²) in [5.74, 6) is -0.0648. The largest absolute Gasteiger partial charge is 1.00 e. The first kappa shape index (κ1) is 25.9. The Balaban J connectivity index is 0. The number of unbranched alkanes of at least 4 members (excludes halogenated alkanes) is 9. The van der Waals surface area contributed by atoms with E-state index in [2.05, 4.69) is 32.9 Å². The highest BCUT2D eigenvalue weighted by atomic mass is 79.9. The number of amides is 1. The van der Waals surface area contributed by atoms with Crippen molar-refractivity contribution in [1.82, 2.24) is 5.32 Å². The monoisotopic (exact) mass is 404 g/mol. The molecule has 0 aromatic carbocycles. The predicted octanol–water partition coefficient (Wildman–Crippen LogP) is 1.68. The van der Waals surface area contributed by atoms with Crippen LogP contribution >= 0.6 is 0 Å². The van der Waals surface area contributed by atoms with Crippen molar-refractivity contribution in [2.24, 2.45) is 0 Å². The van der Waals surface area contributed by atoms with Gasteiger partial charge < -0.3 is 26.8 Å². The van der Waals surface area contributed by atoms with E-state index in [0.717, 1.165) is 24.0 Å². The Kier molecular flexibility index (Phi) is 18.8. The van der Waals surface area contributed by atoms with Gasteiger partial charge in [-0.3, -0.25) is 4.79 Å². The van der Waals surface area contributed by atoms with Crippen LogP contribution < -0.4 is 22.3 Å².